The molecular formula is C50H44N2O4. The topological polar surface area (TPSA) is 43.4 Å². The summed E-state index contributed by atoms with van der Waals surface area (Å²) in [5.74, 6) is 3.26. The second-order valence-electron chi connectivity index (χ2n) is 12.9. The molecule has 0 aliphatic heterocycles. The van der Waals surface area contributed by atoms with Crippen LogP contribution in [0.1, 0.15) is 22.3 Å². The molecule has 0 spiro atoms. The number of nitrogens with zero attached hydrogens (tertiary/aromatic N) is 2. The number of benzene rings is 7. The highest BCUT2D eigenvalue weighted by atomic mass is 16.5. The van der Waals surface area contributed by atoms with Gasteiger partial charge in [-0.15, -0.1) is 0 Å². The standard InChI is InChI=1S/C50H44N2O4/c1-53-47-29-21-43(22-30-47)51(44-23-31-48(54-2)32-24-44)41-17-11-37(12-18-41)9-15-39-7-5-6-8-40(39)16-10-38-13-19-42(20-14-38)52(45-25-33-49(55-3)34-26-45)46-27-35-50(56-4)36-28-46/h5-36H,1-4H3. The summed E-state index contributed by atoms with van der Waals surface area (Å²) >= 11 is 0. The SMILES string of the molecule is COc1ccc(N(c2ccc(C=Cc3ccccc3C=Cc3ccc(N(c4ccc(OC)cc4)c4ccc(OC)cc4)cc3)cc2)c2ccc(OC)cc2)cc1. The summed E-state index contributed by atoms with van der Waals surface area (Å²) in [6.45, 7) is 0. The molecule has 0 N–H and O–H groups in total. The second-order valence-corrected chi connectivity index (χ2v) is 12.9. The van der Waals surface area contributed by atoms with Gasteiger partial charge in [-0.25, -0.2) is 0 Å². The first-order valence-corrected chi connectivity index (χ1v) is 18.4. The van der Waals surface area contributed by atoms with Crippen molar-refractivity contribution in [2.24, 2.45) is 0 Å². The van der Waals surface area contributed by atoms with E-state index < -0.39 is 0 Å². The van der Waals surface area contributed by atoms with Crippen molar-refractivity contribution in [3.05, 3.63) is 192 Å². The third kappa shape index (κ3) is 8.78. The van der Waals surface area contributed by atoms with Crippen molar-refractivity contribution in [1.29, 1.82) is 0 Å². The van der Waals surface area contributed by atoms with E-state index in [9.17, 15) is 0 Å². The molecule has 0 bridgehead atoms. The Bertz CT molecular complexity index is 2100. The molecular weight excluding hydrogens is 693 g/mol. The van der Waals surface area contributed by atoms with Crippen molar-refractivity contribution in [2.45, 2.75) is 0 Å². The van der Waals surface area contributed by atoms with Gasteiger partial charge in [0.15, 0.2) is 0 Å². The van der Waals surface area contributed by atoms with Crippen molar-refractivity contribution >= 4 is 58.4 Å². The fraction of sp³-hybridized carbons (Fsp3) is 0.0800. The van der Waals surface area contributed by atoms with Gasteiger partial charge >= 0.3 is 0 Å². The van der Waals surface area contributed by atoms with Crippen LogP contribution in [-0.2, 0) is 0 Å². The lowest BCUT2D eigenvalue weighted by Crippen LogP contribution is -2.09. The van der Waals surface area contributed by atoms with Gasteiger partial charge in [-0.05, 0) is 144 Å². The molecule has 0 unspecified atom stereocenters. The van der Waals surface area contributed by atoms with Gasteiger partial charge in [0.25, 0.3) is 0 Å². The minimum absolute atomic E-state index is 0.815. The van der Waals surface area contributed by atoms with Crippen LogP contribution < -0.4 is 28.7 Å². The molecule has 7 aromatic carbocycles. The minimum atomic E-state index is 0.815. The molecule has 0 heterocycles. The first-order valence-electron chi connectivity index (χ1n) is 18.4. The lowest BCUT2D eigenvalue weighted by Gasteiger charge is -2.26. The lowest BCUT2D eigenvalue weighted by atomic mass is 10.0. The predicted molar refractivity (Wildman–Crippen MR) is 233 cm³/mol. The van der Waals surface area contributed by atoms with E-state index in [2.05, 4.69) is 155 Å². The summed E-state index contributed by atoms with van der Waals surface area (Å²) in [5, 5.41) is 0. The Kier molecular flexibility index (Phi) is 11.8. The van der Waals surface area contributed by atoms with Gasteiger partial charge in [0.05, 0.1) is 28.4 Å². The average molecular weight is 737 g/mol. The van der Waals surface area contributed by atoms with E-state index in [4.69, 9.17) is 18.9 Å². The Balaban J connectivity index is 1.09. The van der Waals surface area contributed by atoms with Crippen LogP contribution in [0.25, 0.3) is 24.3 Å². The van der Waals surface area contributed by atoms with Gasteiger partial charge in [0.2, 0.25) is 0 Å². The zero-order chi connectivity index (χ0) is 38.7. The maximum Gasteiger partial charge on any atom is 0.119 e. The van der Waals surface area contributed by atoms with Crippen LogP contribution in [0.3, 0.4) is 0 Å². The molecule has 6 heteroatoms. The smallest absolute Gasteiger partial charge is 0.119 e. The molecule has 0 fully saturated rings. The second kappa shape index (κ2) is 17.8. The number of hydrogen-bond donors (Lipinski definition) is 0. The fourth-order valence-corrected chi connectivity index (χ4v) is 6.48. The third-order valence-corrected chi connectivity index (χ3v) is 9.53. The number of hydrogen-bond acceptors (Lipinski definition) is 6. The normalized spacial score (nSPS) is 11.1. The molecule has 7 rings (SSSR count). The zero-order valence-electron chi connectivity index (χ0n) is 32.0. The molecule has 0 saturated heterocycles. The Morgan fingerprint density at radius 2 is 0.518 bits per heavy atom. The van der Waals surface area contributed by atoms with Gasteiger partial charge in [-0.1, -0.05) is 72.8 Å². The molecule has 0 aromatic heterocycles. The van der Waals surface area contributed by atoms with Crippen LogP contribution in [0.2, 0.25) is 0 Å². The van der Waals surface area contributed by atoms with Crippen molar-refractivity contribution in [3.63, 3.8) is 0 Å². The number of rotatable bonds is 14. The van der Waals surface area contributed by atoms with E-state index in [0.29, 0.717) is 0 Å². The van der Waals surface area contributed by atoms with Crippen LogP contribution in [0.5, 0.6) is 23.0 Å². The number of anilines is 6. The summed E-state index contributed by atoms with van der Waals surface area (Å²) in [6, 6.07) is 57.9. The Hall–Kier alpha value is -7.18. The summed E-state index contributed by atoms with van der Waals surface area (Å²) in [5.41, 5.74) is 10.7. The molecule has 56 heavy (non-hydrogen) atoms. The lowest BCUT2D eigenvalue weighted by molar-refractivity contribution is 0.414. The van der Waals surface area contributed by atoms with Crippen molar-refractivity contribution in [2.75, 3.05) is 38.2 Å². The number of ether oxygens (including phenoxy) is 4. The van der Waals surface area contributed by atoms with Crippen LogP contribution in [0, 0.1) is 0 Å². The molecule has 6 nitrogen and oxygen atoms in total. The van der Waals surface area contributed by atoms with Gasteiger partial charge in [0.1, 0.15) is 23.0 Å². The summed E-state index contributed by atoms with van der Waals surface area (Å²) in [6.07, 6.45) is 8.65. The van der Waals surface area contributed by atoms with Gasteiger partial charge in [-0.2, -0.15) is 0 Å². The van der Waals surface area contributed by atoms with Crippen LogP contribution in [-0.4, -0.2) is 28.4 Å². The molecule has 0 aliphatic rings. The van der Waals surface area contributed by atoms with E-state index in [1.807, 2.05) is 48.5 Å². The zero-order valence-corrected chi connectivity index (χ0v) is 32.0. The highest BCUT2D eigenvalue weighted by Crippen LogP contribution is 2.38. The molecule has 0 radical (unpaired) electrons. The summed E-state index contributed by atoms with van der Waals surface area (Å²) < 4.78 is 21.7. The third-order valence-electron chi connectivity index (χ3n) is 9.53. The predicted octanol–water partition coefficient (Wildman–Crippen LogP) is 13.0. The number of methoxy groups -OCH3 is 4. The monoisotopic (exact) mass is 736 g/mol. The fourth-order valence-electron chi connectivity index (χ4n) is 6.48. The summed E-state index contributed by atoms with van der Waals surface area (Å²) in [4.78, 5) is 4.43. The van der Waals surface area contributed by atoms with Crippen LogP contribution >= 0.6 is 0 Å². The van der Waals surface area contributed by atoms with E-state index in [0.717, 1.165) is 79.4 Å². The molecule has 0 amide bonds. The van der Waals surface area contributed by atoms with Gasteiger partial charge in [-0.3, -0.25) is 0 Å². The molecule has 0 aliphatic carbocycles. The Labute approximate surface area is 329 Å². The molecule has 278 valence electrons. The summed E-state index contributed by atoms with van der Waals surface area (Å²) in [7, 11) is 6.72. The van der Waals surface area contributed by atoms with Gasteiger partial charge < -0.3 is 28.7 Å². The van der Waals surface area contributed by atoms with Gasteiger partial charge in [0, 0.05) is 34.1 Å². The molecule has 0 atom stereocenters. The van der Waals surface area contributed by atoms with Crippen LogP contribution in [0.4, 0.5) is 34.1 Å². The minimum Gasteiger partial charge on any atom is -0.497 e. The van der Waals surface area contributed by atoms with E-state index in [1.165, 1.54) is 0 Å². The van der Waals surface area contributed by atoms with Crippen molar-refractivity contribution < 1.29 is 18.9 Å². The maximum absolute atomic E-state index is 5.41. The van der Waals surface area contributed by atoms with E-state index in [1.54, 1.807) is 28.4 Å². The first kappa shape index (κ1) is 37.1. The van der Waals surface area contributed by atoms with Crippen LogP contribution in [0.15, 0.2) is 170 Å². The molecule has 7 aromatic rings. The Morgan fingerprint density at radius 3 is 0.750 bits per heavy atom. The highest BCUT2D eigenvalue weighted by Gasteiger charge is 2.14. The Morgan fingerprint density at radius 1 is 0.286 bits per heavy atom. The van der Waals surface area contributed by atoms with E-state index in [-0.39, 0.29) is 0 Å². The molecule has 0 saturated carbocycles. The van der Waals surface area contributed by atoms with E-state index >= 15 is 0 Å². The average Bonchev–Trinajstić information content (AvgIpc) is 3.27. The van der Waals surface area contributed by atoms with Crippen molar-refractivity contribution in [1.82, 2.24) is 0 Å². The largest absolute Gasteiger partial charge is 0.497 e. The first-order chi connectivity index (χ1) is 27.5. The van der Waals surface area contributed by atoms with Crippen molar-refractivity contribution in [3.8, 4) is 23.0 Å². The maximum atomic E-state index is 5.41. The quantitative estimate of drug-likeness (QED) is 0.104. The highest BCUT2D eigenvalue weighted by molar-refractivity contribution is 5.82.